The predicted octanol–water partition coefficient (Wildman–Crippen LogP) is 3.40. The zero-order chi connectivity index (χ0) is 13.8. The molecule has 2 rings (SSSR count). The molecule has 3 nitrogen and oxygen atoms in total. The predicted molar refractivity (Wildman–Crippen MR) is 80.6 cm³/mol. The van der Waals surface area contributed by atoms with Crippen LogP contribution in [0.1, 0.15) is 62.5 Å². The first-order valence-corrected chi connectivity index (χ1v) is 7.88. The lowest BCUT2D eigenvalue weighted by atomic mass is 9.99. The molecule has 1 saturated carbocycles. The van der Waals surface area contributed by atoms with E-state index in [0.717, 1.165) is 19.5 Å². The quantitative estimate of drug-likeness (QED) is 0.852. The molecule has 1 fully saturated rings. The van der Waals surface area contributed by atoms with Gasteiger partial charge in [0.15, 0.2) is 0 Å². The molecule has 0 radical (unpaired) electrons. The summed E-state index contributed by atoms with van der Waals surface area (Å²) in [5, 5.41) is 8.26. The van der Waals surface area contributed by atoms with Crippen LogP contribution in [0.2, 0.25) is 0 Å². The third-order valence-electron chi connectivity index (χ3n) is 4.44. The Morgan fingerprint density at radius 1 is 1.32 bits per heavy atom. The van der Waals surface area contributed by atoms with Crippen molar-refractivity contribution in [1.82, 2.24) is 15.1 Å². The van der Waals surface area contributed by atoms with Crippen molar-refractivity contribution < 1.29 is 0 Å². The zero-order valence-corrected chi connectivity index (χ0v) is 13.0. The van der Waals surface area contributed by atoms with Crippen LogP contribution >= 0.6 is 0 Å². The number of aromatic nitrogens is 2. The standard InChI is InChI=1S/C16H29N3/c1-5-17-11-12(2)10-16-13(3)18-19(14(16)4)15-8-6-7-9-15/h12,15,17H,5-11H2,1-4H3. The van der Waals surface area contributed by atoms with Crippen molar-refractivity contribution in [3.8, 4) is 0 Å². The Bertz CT molecular complexity index is 402. The summed E-state index contributed by atoms with van der Waals surface area (Å²) in [7, 11) is 0. The Hall–Kier alpha value is -0.830. The van der Waals surface area contributed by atoms with Crippen LogP contribution in [0.15, 0.2) is 0 Å². The summed E-state index contributed by atoms with van der Waals surface area (Å²) in [5.74, 6) is 0.679. The number of aryl methyl sites for hydroxylation is 1. The lowest BCUT2D eigenvalue weighted by molar-refractivity contribution is 0.453. The van der Waals surface area contributed by atoms with Gasteiger partial charge in [-0.2, -0.15) is 5.10 Å². The fourth-order valence-corrected chi connectivity index (χ4v) is 3.31. The largest absolute Gasteiger partial charge is 0.317 e. The number of rotatable bonds is 6. The number of nitrogens with one attached hydrogen (secondary N) is 1. The van der Waals surface area contributed by atoms with Gasteiger partial charge >= 0.3 is 0 Å². The summed E-state index contributed by atoms with van der Waals surface area (Å²) in [6.45, 7) is 11.1. The van der Waals surface area contributed by atoms with E-state index in [1.165, 1.54) is 42.6 Å². The van der Waals surface area contributed by atoms with Gasteiger partial charge in [-0.05, 0) is 57.7 Å². The van der Waals surface area contributed by atoms with Gasteiger partial charge in [0.25, 0.3) is 0 Å². The molecule has 0 bridgehead atoms. The van der Waals surface area contributed by atoms with Crippen LogP contribution in [0.25, 0.3) is 0 Å². The molecule has 0 aromatic carbocycles. The summed E-state index contributed by atoms with van der Waals surface area (Å²) >= 11 is 0. The summed E-state index contributed by atoms with van der Waals surface area (Å²) < 4.78 is 2.32. The van der Waals surface area contributed by atoms with Gasteiger partial charge in [-0.1, -0.05) is 26.7 Å². The van der Waals surface area contributed by atoms with Gasteiger partial charge in [-0.3, -0.25) is 4.68 Å². The zero-order valence-electron chi connectivity index (χ0n) is 13.0. The number of nitrogens with zero attached hydrogens (tertiary/aromatic N) is 2. The minimum Gasteiger partial charge on any atom is -0.317 e. The topological polar surface area (TPSA) is 29.9 Å². The fraction of sp³-hybridized carbons (Fsp3) is 0.812. The van der Waals surface area contributed by atoms with Crippen LogP contribution in [-0.2, 0) is 6.42 Å². The molecule has 0 saturated heterocycles. The van der Waals surface area contributed by atoms with Gasteiger partial charge in [0, 0.05) is 5.69 Å². The second kappa shape index (κ2) is 6.56. The van der Waals surface area contributed by atoms with E-state index >= 15 is 0 Å². The highest BCUT2D eigenvalue weighted by atomic mass is 15.3. The first-order chi connectivity index (χ1) is 9.13. The Morgan fingerprint density at radius 3 is 2.63 bits per heavy atom. The summed E-state index contributed by atoms with van der Waals surface area (Å²) in [6, 6.07) is 0.663. The van der Waals surface area contributed by atoms with E-state index in [1.807, 2.05) is 0 Å². The second-order valence-corrected chi connectivity index (χ2v) is 6.15. The monoisotopic (exact) mass is 263 g/mol. The number of hydrogen-bond acceptors (Lipinski definition) is 2. The molecule has 0 amide bonds. The van der Waals surface area contributed by atoms with Crippen molar-refractivity contribution in [3.05, 3.63) is 17.0 Å². The highest BCUT2D eigenvalue weighted by Crippen LogP contribution is 2.31. The SMILES string of the molecule is CCNCC(C)Cc1c(C)nn(C2CCCC2)c1C. The van der Waals surface area contributed by atoms with Crippen LogP contribution < -0.4 is 5.32 Å². The van der Waals surface area contributed by atoms with Gasteiger partial charge in [-0.25, -0.2) is 0 Å². The van der Waals surface area contributed by atoms with E-state index in [9.17, 15) is 0 Å². The average molecular weight is 263 g/mol. The van der Waals surface area contributed by atoms with Crippen LogP contribution in [0.3, 0.4) is 0 Å². The molecule has 1 unspecified atom stereocenters. The Labute approximate surface area is 117 Å². The Kier molecular flexibility index (Phi) is 5.03. The molecule has 1 heterocycles. The molecule has 1 aliphatic rings. The highest BCUT2D eigenvalue weighted by Gasteiger charge is 2.22. The van der Waals surface area contributed by atoms with E-state index in [2.05, 4.69) is 37.7 Å². The molecule has 19 heavy (non-hydrogen) atoms. The van der Waals surface area contributed by atoms with Crippen molar-refractivity contribution in [1.29, 1.82) is 0 Å². The minimum atomic E-state index is 0.663. The maximum absolute atomic E-state index is 4.82. The third-order valence-corrected chi connectivity index (χ3v) is 4.44. The molecular formula is C16H29N3. The molecular weight excluding hydrogens is 234 g/mol. The molecule has 108 valence electrons. The lowest BCUT2D eigenvalue weighted by Gasteiger charge is -2.14. The van der Waals surface area contributed by atoms with Crippen LogP contribution in [0.5, 0.6) is 0 Å². The van der Waals surface area contributed by atoms with E-state index in [-0.39, 0.29) is 0 Å². The summed E-state index contributed by atoms with van der Waals surface area (Å²) in [4.78, 5) is 0. The maximum atomic E-state index is 4.82. The maximum Gasteiger partial charge on any atom is 0.0628 e. The highest BCUT2D eigenvalue weighted by molar-refractivity contribution is 5.25. The average Bonchev–Trinajstić information content (AvgIpc) is 2.99. The molecule has 1 aliphatic carbocycles. The van der Waals surface area contributed by atoms with Crippen molar-refractivity contribution in [2.24, 2.45) is 5.92 Å². The number of hydrogen-bond donors (Lipinski definition) is 1. The summed E-state index contributed by atoms with van der Waals surface area (Å²) in [6.07, 6.45) is 6.52. The summed E-state index contributed by atoms with van der Waals surface area (Å²) in [5.41, 5.74) is 4.14. The van der Waals surface area contributed by atoms with Gasteiger partial charge < -0.3 is 5.32 Å². The van der Waals surface area contributed by atoms with Gasteiger partial charge in [0.2, 0.25) is 0 Å². The molecule has 1 aromatic rings. The fourth-order valence-electron chi connectivity index (χ4n) is 3.31. The lowest BCUT2D eigenvalue weighted by Crippen LogP contribution is -2.22. The van der Waals surface area contributed by atoms with Gasteiger partial charge in [-0.15, -0.1) is 0 Å². The third kappa shape index (κ3) is 3.38. The van der Waals surface area contributed by atoms with Gasteiger partial charge in [0.1, 0.15) is 0 Å². The molecule has 0 spiro atoms. The van der Waals surface area contributed by atoms with Crippen molar-refractivity contribution >= 4 is 0 Å². The van der Waals surface area contributed by atoms with E-state index < -0.39 is 0 Å². The van der Waals surface area contributed by atoms with Crippen molar-refractivity contribution in [2.75, 3.05) is 13.1 Å². The first kappa shape index (κ1) is 14.6. The molecule has 1 N–H and O–H groups in total. The van der Waals surface area contributed by atoms with Gasteiger partial charge in [0.05, 0.1) is 11.7 Å². The Balaban J connectivity index is 2.08. The van der Waals surface area contributed by atoms with Crippen LogP contribution in [0.4, 0.5) is 0 Å². The van der Waals surface area contributed by atoms with E-state index in [4.69, 9.17) is 5.10 Å². The van der Waals surface area contributed by atoms with Crippen molar-refractivity contribution in [3.63, 3.8) is 0 Å². The minimum absolute atomic E-state index is 0.663. The molecule has 3 heteroatoms. The van der Waals surface area contributed by atoms with Crippen LogP contribution in [0, 0.1) is 19.8 Å². The second-order valence-electron chi connectivity index (χ2n) is 6.15. The molecule has 0 aliphatic heterocycles. The first-order valence-electron chi connectivity index (χ1n) is 7.88. The Morgan fingerprint density at radius 2 is 2.00 bits per heavy atom. The van der Waals surface area contributed by atoms with Crippen molar-refractivity contribution in [2.45, 2.75) is 65.8 Å². The smallest absolute Gasteiger partial charge is 0.0628 e. The molecule has 1 aromatic heterocycles. The van der Waals surface area contributed by atoms with E-state index in [0.29, 0.717) is 12.0 Å². The van der Waals surface area contributed by atoms with E-state index in [1.54, 1.807) is 0 Å². The normalized spacial score (nSPS) is 18.1. The molecule has 1 atom stereocenters. The van der Waals surface area contributed by atoms with Crippen LogP contribution in [-0.4, -0.2) is 22.9 Å².